The van der Waals surface area contributed by atoms with E-state index in [1.54, 1.807) is 24.3 Å². The molecule has 6 nitrogen and oxygen atoms in total. The van der Waals surface area contributed by atoms with Gasteiger partial charge in [-0.1, -0.05) is 25.1 Å². The molecular weight excluding hydrogens is 398 g/mol. The summed E-state index contributed by atoms with van der Waals surface area (Å²) in [5.41, 5.74) is 4.81. The van der Waals surface area contributed by atoms with Crippen molar-refractivity contribution in [2.24, 2.45) is 5.92 Å². The molecule has 1 amide bonds. The number of rotatable bonds is 5. The number of amides is 1. The van der Waals surface area contributed by atoms with Gasteiger partial charge in [-0.2, -0.15) is 0 Å². The van der Waals surface area contributed by atoms with Crippen LogP contribution in [0.4, 0.5) is 0 Å². The number of carbonyl (C=O) groups excluding carboxylic acids is 1. The van der Waals surface area contributed by atoms with Crippen molar-refractivity contribution in [2.45, 2.75) is 37.6 Å². The summed E-state index contributed by atoms with van der Waals surface area (Å²) in [6.07, 6.45) is 3.25. The van der Waals surface area contributed by atoms with Crippen LogP contribution in [0.3, 0.4) is 0 Å². The van der Waals surface area contributed by atoms with E-state index in [0.29, 0.717) is 17.0 Å². The van der Waals surface area contributed by atoms with Gasteiger partial charge in [-0.3, -0.25) is 4.79 Å². The standard InChI is InChI=1S/C23H27N3O3S/c1-15-8-10-20-18(12-15)19-13-16(9-11-21(19)25-20)23(27)24-14-17-6-4-5-7-22(17)30(28,29)26(2)3/h4-7,9,11,13,15,25H,8,10,12,14H2,1-3H3,(H,24,27)/t15-/m1/s1. The summed E-state index contributed by atoms with van der Waals surface area (Å²) in [5.74, 6) is 0.428. The minimum Gasteiger partial charge on any atom is -0.358 e. The summed E-state index contributed by atoms with van der Waals surface area (Å²) in [7, 11) is -0.582. The van der Waals surface area contributed by atoms with Gasteiger partial charge >= 0.3 is 0 Å². The van der Waals surface area contributed by atoms with Gasteiger partial charge in [0.15, 0.2) is 0 Å². The average molecular weight is 426 g/mol. The number of aromatic nitrogens is 1. The zero-order valence-corrected chi connectivity index (χ0v) is 18.3. The summed E-state index contributed by atoms with van der Waals surface area (Å²) in [6, 6.07) is 12.5. The number of hydrogen-bond acceptors (Lipinski definition) is 3. The number of aryl methyl sites for hydroxylation is 1. The molecule has 1 atom stereocenters. The highest BCUT2D eigenvalue weighted by atomic mass is 32.2. The van der Waals surface area contributed by atoms with Crippen LogP contribution >= 0.6 is 0 Å². The Balaban J connectivity index is 1.57. The highest BCUT2D eigenvalue weighted by molar-refractivity contribution is 7.89. The van der Waals surface area contributed by atoms with Crippen LogP contribution in [0.15, 0.2) is 47.4 Å². The number of fused-ring (bicyclic) bond motifs is 3. The molecule has 1 aromatic heterocycles. The molecule has 0 spiro atoms. The number of hydrogen-bond donors (Lipinski definition) is 2. The van der Waals surface area contributed by atoms with E-state index in [-0.39, 0.29) is 17.3 Å². The van der Waals surface area contributed by atoms with E-state index in [4.69, 9.17) is 0 Å². The predicted molar refractivity (Wildman–Crippen MR) is 118 cm³/mol. The Morgan fingerprint density at radius 3 is 2.73 bits per heavy atom. The molecule has 0 fully saturated rings. The molecule has 2 N–H and O–H groups in total. The fourth-order valence-corrected chi connectivity index (χ4v) is 5.22. The molecule has 1 aliphatic carbocycles. The van der Waals surface area contributed by atoms with Crippen molar-refractivity contribution in [3.63, 3.8) is 0 Å². The average Bonchev–Trinajstić information content (AvgIpc) is 3.09. The van der Waals surface area contributed by atoms with Crippen molar-refractivity contribution in [2.75, 3.05) is 14.1 Å². The monoisotopic (exact) mass is 425 g/mol. The molecule has 0 saturated carbocycles. The van der Waals surface area contributed by atoms with Crippen LogP contribution in [-0.4, -0.2) is 37.7 Å². The number of H-pyrrole nitrogens is 1. The molecule has 3 aromatic rings. The van der Waals surface area contributed by atoms with Crippen molar-refractivity contribution in [1.82, 2.24) is 14.6 Å². The largest absolute Gasteiger partial charge is 0.358 e. The number of benzene rings is 2. The van der Waals surface area contributed by atoms with Gasteiger partial charge < -0.3 is 10.3 Å². The summed E-state index contributed by atoms with van der Waals surface area (Å²) >= 11 is 0. The maximum atomic E-state index is 12.8. The zero-order chi connectivity index (χ0) is 21.5. The second kappa shape index (κ2) is 7.89. The molecule has 1 heterocycles. The zero-order valence-electron chi connectivity index (χ0n) is 17.5. The Kier molecular flexibility index (Phi) is 5.42. The van der Waals surface area contributed by atoms with Crippen LogP contribution in [0.1, 0.15) is 40.5 Å². The summed E-state index contributed by atoms with van der Waals surface area (Å²) in [5, 5.41) is 3.99. The van der Waals surface area contributed by atoms with Crippen molar-refractivity contribution in [3.05, 3.63) is 64.8 Å². The molecule has 30 heavy (non-hydrogen) atoms. The first-order valence-electron chi connectivity index (χ1n) is 10.2. The molecule has 1 aliphatic rings. The van der Waals surface area contributed by atoms with E-state index in [1.807, 2.05) is 18.2 Å². The van der Waals surface area contributed by atoms with Gasteiger partial charge in [-0.15, -0.1) is 0 Å². The summed E-state index contributed by atoms with van der Waals surface area (Å²) in [4.78, 5) is 16.5. The van der Waals surface area contributed by atoms with Crippen LogP contribution in [0, 0.1) is 5.92 Å². The van der Waals surface area contributed by atoms with Crippen molar-refractivity contribution in [1.29, 1.82) is 0 Å². The Hall–Kier alpha value is -2.64. The minimum absolute atomic E-state index is 0.141. The third-order valence-corrected chi connectivity index (χ3v) is 7.78. The van der Waals surface area contributed by atoms with Crippen LogP contribution < -0.4 is 5.32 Å². The first-order chi connectivity index (χ1) is 14.3. The van der Waals surface area contributed by atoms with E-state index in [1.165, 1.54) is 36.1 Å². The van der Waals surface area contributed by atoms with Gasteiger partial charge in [0.25, 0.3) is 5.91 Å². The lowest BCUT2D eigenvalue weighted by Crippen LogP contribution is -2.27. The first-order valence-corrected chi connectivity index (χ1v) is 11.6. The SMILES string of the molecule is C[C@@H]1CCc2[nH]c3ccc(C(=O)NCc4ccccc4S(=O)(=O)N(C)C)cc3c2C1. The van der Waals surface area contributed by atoms with Crippen LogP contribution in [0.5, 0.6) is 0 Å². The van der Waals surface area contributed by atoms with E-state index in [2.05, 4.69) is 17.2 Å². The normalized spacial score (nSPS) is 16.6. The van der Waals surface area contributed by atoms with Crippen molar-refractivity contribution in [3.8, 4) is 0 Å². The number of aromatic amines is 1. The van der Waals surface area contributed by atoms with Crippen molar-refractivity contribution >= 4 is 26.8 Å². The highest BCUT2D eigenvalue weighted by Gasteiger charge is 2.22. The van der Waals surface area contributed by atoms with Crippen LogP contribution in [-0.2, 0) is 29.4 Å². The van der Waals surface area contributed by atoms with E-state index < -0.39 is 10.0 Å². The molecule has 158 valence electrons. The molecule has 0 saturated heterocycles. The molecule has 4 rings (SSSR count). The van der Waals surface area contributed by atoms with Crippen LogP contribution in [0.25, 0.3) is 10.9 Å². The Morgan fingerprint density at radius 1 is 1.20 bits per heavy atom. The Morgan fingerprint density at radius 2 is 1.97 bits per heavy atom. The van der Waals surface area contributed by atoms with Gasteiger partial charge in [-0.25, -0.2) is 12.7 Å². The fourth-order valence-electron chi connectivity index (χ4n) is 4.11. The van der Waals surface area contributed by atoms with Crippen LogP contribution in [0.2, 0.25) is 0 Å². The van der Waals surface area contributed by atoms with Gasteiger partial charge in [0.1, 0.15) is 0 Å². The third kappa shape index (κ3) is 3.75. The Bertz CT molecular complexity index is 1210. The van der Waals surface area contributed by atoms with Gasteiger partial charge in [0.05, 0.1) is 4.90 Å². The second-order valence-corrected chi connectivity index (χ2v) is 10.4. The minimum atomic E-state index is -3.58. The number of carbonyl (C=O) groups is 1. The molecular formula is C23H27N3O3S. The van der Waals surface area contributed by atoms with Crippen molar-refractivity contribution < 1.29 is 13.2 Å². The second-order valence-electron chi connectivity index (χ2n) is 8.27. The maximum absolute atomic E-state index is 12.8. The lowest BCUT2D eigenvalue weighted by atomic mass is 9.87. The molecule has 0 radical (unpaired) electrons. The Labute approximate surface area is 177 Å². The number of nitrogens with one attached hydrogen (secondary N) is 2. The fraction of sp³-hybridized carbons (Fsp3) is 0.348. The highest BCUT2D eigenvalue weighted by Crippen LogP contribution is 2.32. The number of sulfonamides is 1. The quantitative estimate of drug-likeness (QED) is 0.657. The lowest BCUT2D eigenvalue weighted by molar-refractivity contribution is 0.0950. The van der Waals surface area contributed by atoms with E-state index in [0.717, 1.165) is 23.7 Å². The molecule has 0 bridgehead atoms. The first kappa shape index (κ1) is 20.6. The third-order valence-electron chi connectivity index (χ3n) is 5.87. The van der Waals surface area contributed by atoms with E-state index >= 15 is 0 Å². The molecule has 2 aromatic carbocycles. The molecule has 7 heteroatoms. The summed E-state index contributed by atoms with van der Waals surface area (Å²) in [6.45, 7) is 2.40. The lowest BCUT2D eigenvalue weighted by Gasteiger charge is -2.18. The van der Waals surface area contributed by atoms with Gasteiger partial charge in [-0.05, 0) is 60.6 Å². The van der Waals surface area contributed by atoms with Gasteiger partial charge in [0.2, 0.25) is 10.0 Å². The van der Waals surface area contributed by atoms with Gasteiger partial charge in [0, 0.05) is 42.8 Å². The summed E-state index contributed by atoms with van der Waals surface area (Å²) < 4.78 is 26.3. The smallest absolute Gasteiger partial charge is 0.251 e. The molecule has 0 aliphatic heterocycles. The predicted octanol–water partition coefficient (Wildman–Crippen LogP) is 3.47. The molecule has 0 unspecified atom stereocenters. The topological polar surface area (TPSA) is 82.3 Å². The maximum Gasteiger partial charge on any atom is 0.251 e. The van der Waals surface area contributed by atoms with E-state index in [9.17, 15) is 13.2 Å². The number of nitrogens with zero attached hydrogens (tertiary/aromatic N) is 1.